The number of aromatic nitrogens is 2. The summed E-state index contributed by atoms with van der Waals surface area (Å²) < 4.78 is 49.9. The maximum Gasteiger partial charge on any atom is 0.433 e. The molecular weight excluding hydrogens is 413 g/mol. The normalized spacial score (nSPS) is 11.7. The zero-order valence-electron chi connectivity index (χ0n) is 15.1. The zero-order valence-corrected chi connectivity index (χ0v) is 15.9. The van der Waals surface area contributed by atoms with Crippen molar-refractivity contribution in [2.45, 2.75) is 12.7 Å². The zero-order chi connectivity index (χ0) is 21.2. The lowest BCUT2D eigenvalue weighted by Gasteiger charge is -2.11. The Balaban J connectivity index is 2.15. The second-order valence-corrected chi connectivity index (χ2v) is 6.22. The molecule has 0 atom stereocenters. The van der Waals surface area contributed by atoms with Gasteiger partial charge in [-0.1, -0.05) is 0 Å². The number of carbonyl (C=O) groups is 1. The van der Waals surface area contributed by atoms with Crippen molar-refractivity contribution in [3.05, 3.63) is 41.4 Å². The summed E-state index contributed by atoms with van der Waals surface area (Å²) in [6.07, 6.45) is -4.61. The number of alkyl halides is 4. The molecule has 29 heavy (non-hydrogen) atoms. The predicted molar refractivity (Wildman–Crippen MR) is 99.7 cm³/mol. The van der Waals surface area contributed by atoms with Crippen LogP contribution >= 0.6 is 11.6 Å². The Bertz CT molecular complexity index is 1050. The van der Waals surface area contributed by atoms with Gasteiger partial charge in [-0.25, -0.2) is 9.97 Å². The fraction of sp³-hybridized carbons (Fsp3) is 0.278. The van der Waals surface area contributed by atoms with Gasteiger partial charge in [0.2, 0.25) is 5.89 Å². The van der Waals surface area contributed by atoms with E-state index in [-0.39, 0.29) is 47.6 Å². The van der Waals surface area contributed by atoms with Gasteiger partial charge in [-0.2, -0.15) is 13.2 Å². The molecule has 0 spiro atoms. The third-order valence-electron chi connectivity index (χ3n) is 4.04. The average Bonchev–Trinajstić information content (AvgIpc) is 3.14. The molecule has 0 saturated carbocycles. The number of hydrogen-bond donors (Lipinski definition) is 2. The average molecular weight is 429 g/mol. The van der Waals surface area contributed by atoms with E-state index in [1.165, 1.54) is 19.2 Å². The highest BCUT2D eigenvalue weighted by atomic mass is 35.5. The summed E-state index contributed by atoms with van der Waals surface area (Å²) in [5.74, 6) is 0.00796. The van der Waals surface area contributed by atoms with Crippen LogP contribution in [0.15, 0.2) is 28.7 Å². The van der Waals surface area contributed by atoms with Crippen molar-refractivity contribution in [1.82, 2.24) is 15.3 Å². The predicted octanol–water partition coefficient (Wildman–Crippen LogP) is 3.34. The number of methoxy groups -OCH3 is 1. The summed E-state index contributed by atoms with van der Waals surface area (Å²) in [4.78, 5) is 20.1. The molecule has 2 aromatic heterocycles. The van der Waals surface area contributed by atoms with Crippen LogP contribution in [0.25, 0.3) is 22.4 Å². The number of hydrogen-bond acceptors (Lipinski definition) is 6. The Morgan fingerprint density at radius 3 is 2.66 bits per heavy atom. The fourth-order valence-electron chi connectivity index (χ4n) is 2.73. The number of halogens is 4. The van der Waals surface area contributed by atoms with Gasteiger partial charge in [0, 0.05) is 23.4 Å². The van der Waals surface area contributed by atoms with Gasteiger partial charge in [0.15, 0.2) is 11.5 Å². The molecule has 7 nitrogen and oxygen atoms in total. The molecular formula is C18H16ClF3N4O3. The SMILES string of the molecule is COc1ccc(-c2nc(C(=O)NCCCl)c(CN)o2)c2ccc(C(F)(F)F)nc12. The molecule has 3 N–H and O–H groups in total. The van der Waals surface area contributed by atoms with Crippen molar-refractivity contribution in [2.75, 3.05) is 19.5 Å². The topological polar surface area (TPSA) is 103 Å². The van der Waals surface area contributed by atoms with Crippen molar-refractivity contribution in [3.8, 4) is 17.2 Å². The van der Waals surface area contributed by atoms with Crippen molar-refractivity contribution in [3.63, 3.8) is 0 Å². The summed E-state index contributed by atoms with van der Waals surface area (Å²) in [5, 5.41) is 2.88. The maximum atomic E-state index is 13.1. The van der Waals surface area contributed by atoms with Gasteiger partial charge in [-0.05, 0) is 24.3 Å². The first kappa shape index (κ1) is 20.9. The van der Waals surface area contributed by atoms with Gasteiger partial charge in [0.1, 0.15) is 17.0 Å². The third-order valence-corrected chi connectivity index (χ3v) is 4.23. The number of nitrogens with one attached hydrogen (secondary N) is 1. The second-order valence-electron chi connectivity index (χ2n) is 5.85. The number of fused-ring (bicyclic) bond motifs is 1. The van der Waals surface area contributed by atoms with E-state index < -0.39 is 17.8 Å². The minimum atomic E-state index is -4.61. The highest BCUT2D eigenvalue weighted by molar-refractivity contribution is 6.18. The van der Waals surface area contributed by atoms with Gasteiger partial charge < -0.3 is 20.2 Å². The molecule has 3 aromatic rings. The van der Waals surface area contributed by atoms with Crippen molar-refractivity contribution in [1.29, 1.82) is 0 Å². The molecule has 0 aliphatic rings. The van der Waals surface area contributed by atoms with E-state index in [4.69, 9.17) is 26.5 Å². The van der Waals surface area contributed by atoms with Crippen LogP contribution in [0.4, 0.5) is 13.2 Å². The first-order chi connectivity index (χ1) is 13.8. The molecule has 0 aliphatic carbocycles. The summed E-state index contributed by atoms with van der Waals surface area (Å²) in [6.45, 7) is 0.128. The quantitative estimate of drug-likeness (QED) is 0.584. The maximum absolute atomic E-state index is 13.1. The largest absolute Gasteiger partial charge is 0.494 e. The van der Waals surface area contributed by atoms with Crippen LogP contribution in [0.1, 0.15) is 21.9 Å². The van der Waals surface area contributed by atoms with Crippen LogP contribution in [0, 0.1) is 0 Å². The van der Waals surface area contributed by atoms with E-state index in [9.17, 15) is 18.0 Å². The van der Waals surface area contributed by atoms with Crippen molar-refractivity contribution >= 4 is 28.4 Å². The summed E-state index contributed by atoms with van der Waals surface area (Å²) in [5.41, 5.74) is 4.89. The van der Waals surface area contributed by atoms with E-state index >= 15 is 0 Å². The van der Waals surface area contributed by atoms with Gasteiger partial charge in [-0.15, -0.1) is 11.6 Å². The Hall–Kier alpha value is -2.85. The molecule has 0 aliphatic heterocycles. The van der Waals surface area contributed by atoms with E-state index in [0.717, 1.165) is 6.07 Å². The fourth-order valence-corrected chi connectivity index (χ4v) is 2.82. The third kappa shape index (κ3) is 4.13. The Kier molecular flexibility index (Phi) is 5.94. The smallest absolute Gasteiger partial charge is 0.433 e. The van der Waals surface area contributed by atoms with Gasteiger partial charge in [0.25, 0.3) is 5.91 Å². The number of benzene rings is 1. The molecule has 0 saturated heterocycles. The minimum absolute atomic E-state index is 0.0135. The van der Waals surface area contributed by atoms with Gasteiger partial charge in [0.05, 0.1) is 13.7 Å². The number of rotatable bonds is 6. The highest BCUT2D eigenvalue weighted by Gasteiger charge is 2.33. The molecule has 154 valence electrons. The Morgan fingerprint density at radius 1 is 1.28 bits per heavy atom. The number of nitrogens with zero attached hydrogens (tertiary/aromatic N) is 2. The molecule has 0 fully saturated rings. The van der Waals surface area contributed by atoms with E-state index in [1.807, 2.05) is 0 Å². The molecule has 1 amide bonds. The second kappa shape index (κ2) is 8.26. The molecule has 11 heteroatoms. The number of nitrogens with two attached hydrogens (primary N) is 1. The van der Waals surface area contributed by atoms with E-state index in [2.05, 4.69) is 15.3 Å². The van der Waals surface area contributed by atoms with Crippen molar-refractivity contribution in [2.24, 2.45) is 5.73 Å². The van der Waals surface area contributed by atoms with Crippen LogP contribution in [0.3, 0.4) is 0 Å². The molecule has 2 heterocycles. The number of pyridine rings is 1. The van der Waals surface area contributed by atoms with Crippen LogP contribution in [0.5, 0.6) is 5.75 Å². The van der Waals surface area contributed by atoms with Crippen molar-refractivity contribution < 1.29 is 27.1 Å². The number of ether oxygens (including phenoxy) is 1. The monoisotopic (exact) mass is 428 g/mol. The lowest BCUT2D eigenvalue weighted by Crippen LogP contribution is -2.26. The van der Waals surface area contributed by atoms with Crippen LogP contribution < -0.4 is 15.8 Å². The standard InChI is InChI=1S/C18H16ClF3N4O3/c1-28-11-4-2-10(9-3-5-13(18(20,21)22)25-14(9)11)17-26-15(12(8-23)29-17)16(27)24-7-6-19/h2-5H,6-8,23H2,1H3,(H,24,27). The first-order valence-electron chi connectivity index (χ1n) is 8.39. The van der Waals surface area contributed by atoms with E-state index in [1.54, 1.807) is 6.07 Å². The number of amides is 1. The summed E-state index contributed by atoms with van der Waals surface area (Å²) >= 11 is 5.56. The number of carbonyl (C=O) groups excluding carboxylic acids is 1. The van der Waals surface area contributed by atoms with Gasteiger partial charge >= 0.3 is 6.18 Å². The molecule has 0 radical (unpaired) electrons. The molecule has 0 unspecified atom stereocenters. The van der Waals surface area contributed by atoms with Crippen LogP contribution in [0.2, 0.25) is 0 Å². The summed E-state index contributed by atoms with van der Waals surface area (Å²) in [6, 6.07) is 5.11. The Morgan fingerprint density at radius 2 is 2.03 bits per heavy atom. The number of oxazole rings is 1. The highest BCUT2D eigenvalue weighted by Crippen LogP contribution is 2.36. The molecule has 1 aromatic carbocycles. The lowest BCUT2D eigenvalue weighted by molar-refractivity contribution is -0.140. The first-order valence-corrected chi connectivity index (χ1v) is 8.92. The van der Waals surface area contributed by atoms with Crippen LogP contribution in [-0.2, 0) is 12.7 Å². The lowest BCUT2D eigenvalue weighted by atomic mass is 10.1. The summed E-state index contributed by atoms with van der Waals surface area (Å²) in [7, 11) is 1.33. The molecule has 0 bridgehead atoms. The molecule has 3 rings (SSSR count). The van der Waals surface area contributed by atoms with Crippen LogP contribution in [-0.4, -0.2) is 35.4 Å². The Labute approximate surface area is 168 Å². The van der Waals surface area contributed by atoms with Gasteiger partial charge in [-0.3, -0.25) is 4.79 Å². The van der Waals surface area contributed by atoms with E-state index in [0.29, 0.717) is 10.9 Å². The minimum Gasteiger partial charge on any atom is -0.494 e.